The molecule has 1 unspecified atom stereocenters. The summed E-state index contributed by atoms with van der Waals surface area (Å²) in [5.74, 6) is -0.513. The Hall–Kier alpha value is -2.90. The van der Waals surface area contributed by atoms with Gasteiger partial charge >= 0.3 is 0 Å². The molecular weight excluding hydrogens is 366 g/mol. The Morgan fingerprint density at radius 2 is 2.19 bits per heavy atom. The Balaban J connectivity index is 1.59. The summed E-state index contributed by atoms with van der Waals surface area (Å²) in [6.45, 7) is 0.745. The van der Waals surface area contributed by atoms with Crippen molar-refractivity contribution in [2.45, 2.75) is 12.5 Å². The van der Waals surface area contributed by atoms with Crippen LogP contribution in [-0.2, 0) is 11.2 Å². The molecule has 0 fully saturated rings. The maximum atomic E-state index is 12.9. The van der Waals surface area contributed by atoms with E-state index in [2.05, 4.69) is 15.3 Å². The monoisotopic (exact) mass is 383 g/mol. The maximum absolute atomic E-state index is 12.9. The zero-order valence-corrected chi connectivity index (χ0v) is 15.2. The molecule has 0 saturated carbocycles. The molecule has 8 heteroatoms. The van der Waals surface area contributed by atoms with Crippen LogP contribution in [0.4, 0.5) is 5.69 Å². The first kappa shape index (κ1) is 17.5. The number of aromatic amines is 1. The van der Waals surface area contributed by atoms with E-state index < -0.39 is 6.04 Å². The van der Waals surface area contributed by atoms with Gasteiger partial charge in [-0.25, -0.2) is 4.98 Å². The van der Waals surface area contributed by atoms with Crippen molar-refractivity contribution < 1.29 is 9.59 Å². The van der Waals surface area contributed by atoms with E-state index >= 15 is 0 Å². The van der Waals surface area contributed by atoms with Gasteiger partial charge < -0.3 is 20.9 Å². The highest BCUT2D eigenvalue weighted by molar-refractivity contribution is 6.30. The van der Waals surface area contributed by atoms with E-state index in [0.717, 1.165) is 16.6 Å². The number of benzene rings is 1. The lowest BCUT2D eigenvalue weighted by atomic mass is 9.97. The number of nitrogens with zero attached hydrogens (tertiary/aromatic N) is 2. The average molecular weight is 384 g/mol. The molecule has 4 N–H and O–H groups in total. The predicted octanol–water partition coefficient (Wildman–Crippen LogP) is 1.86. The van der Waals surface area contributed by atoms with Crippen LogP contribution in [-0.4, -0.2) is 40.9 Å². The van der Waals surface area contributed by atoms with Crippen LogP contribution in [0.1, 0.15) is 16.1 Å². The number of carbonyl (C=O) groups is 2. The number of hydrogen-bond acceptors (Lipinski definition) is 4. The average Bonchev–Trinajstić information content (AvgIpc) is 3.08. The maximum Gasteiger partial charge on any atom is 0.268 e. The van der Waals surface area contributed by atoms with E-state index in [4.69, 9.17) is 17.3 Å². The van der Waals surface area contributed by atoms with E-state index in [0.29, 0.717) is 35.9 Å². The standard InChI is InChI=1S/C19H18ClN5O2/c20-17-9-12-8-13(23-15(12)10-22-17)18(26)24-14-7-11-3-1-2-4-16(11)25(6-5-21)19(14)27/h1-4,8-10,14,23H,5-7,21H2,(H,24,26). The lowest BCUT2D eigenvalue weighted by molar-refractivity contribution is -0.120. The normalized spacial score (nSPS) is 16.4. The lowest BCUT2D eigenvalue weighted by Crippen LogP contribution is -2.54. The summed E-state index contributed by atoms with van der Waals surface area (Å²) in [5.41, 5.74) is 8.58. The minimum atomic E-state index is -0.646. The number of halogens is 1. The minimum absolute atomic E-state index is 0.159. The molecule has 1 atom stereocenters. The fraction of sp³-hybridized carbons (Fsp3) is 0.211. The van der Waals surface area contributed by atoms with Crippen molar-refractivity contribution in [2.24, 2.45) is 5.73 Å². The lowest BCUT2D eigenvalue weighted by Gasteiger charge is -2.34. The number of pyridine rings is 1. The fourth-order valence-corrected chi connectivity index (χ4v) is 3.56. The van der Waals surface area contributed by atoms with Crippen LogP contribution < -0.4 is 16.0 Å². The molecule has 27 heavy (non-hydrogen) atoms. The molecule has 3 heterocycles. The third kappa shape index (κ3) is 3.27. The molecule has 7 nitrogen and oxygen atoms in total. The van der Waals surface area contributed by atoms with Crippen LogP contribution in [0.25, 0.3) is 10.9 Å². The Morgan fingerprint density at radius 3 is 3.00 bits per heavy atom. The molecule has 0 radical (unpaired) electrons. The molecule has 2 amide bonds. The molecule has 138 valence electrons. The third-order valence-electron chi connectivity index (χ3n) is 4.64. The van der Waals surface area contributed by atoms with Gasteiger partial charge in [-0.15, -0.1) is 0 Å². The van der Waals surface area contributed by atoms with Crippen molar-refractivity contribution in [2.75, 3.05) is 18.0 Å². The summed E-state index contributed by atoms with van der Waals surface area (Å²) in [4.78, 5) is 34.2. The van der Waals surface area contributed by atoms with E-state index in [1.165, 1.54) is 0 Å². The van der Waals surface area contributed by atoms with Crippen molar-refractivity contribution in [1.29, 1.82) is 0 Å². The van der Waals surface area contributed by atoms with Gasteiger partial charge in [0.1, 0.15) is 16.9 Å². The van der Waals surface area contributed by atoms with Crippen LogP contribution in [0, 0.1) is 0 Å². The highest BCUT2D eigenvalue weighted by Gasteiger charge is 2.33. The summed E-state index contributed by atoms with van der Waals surface area (Å²) in [6.07, 6.45) is 2.01. The van der Waals surface area contributed by atoms with E-state index in [9.17, 15) is 9.59 Å². The number of amides is 2. The van der Waals surface area contributed by atoms with Gasteiger partial charge in [0.15, 0.2) is 0 Å². The summed E-state index contributed by atoms with van der Waals surface area (Å²) in [7, 11) is 0. The van der Waals surface area contributed by atoms with Gasteiger partial charge in [-0.1, -0.05) is 29.8 Å². The van der Waals surface area contributed by atoms with Gasteiger partial charge in [0.25, 0.3) is 5.91 Å². The molecule has 4 rings (SSSR count). The van der Waals surface area contributed by atoms with E-state index in [1.54, 1.807) is 23.2 Å². The smallest absolute Gasteiger partial charge is 0.268 e. The number of fused-ring (bicyclic) bond motifs is 2. The van der Waals surface area contributed by atoms with Crippen molar-refractivity contribution >= 4 is 40.0 Å². The molecular formula is C19H18ClN5O2. The van der Waals surface area contributed by atoms with Gasteiger partial charge in [-0.2, -0.15) is 0 Å². The van der Waals surface area contributed by atoms with Crippen LogP contribution in [0.3, 0.4) is 0 Å². The summed E-state index contributed by atoms with van der Waals surface area (Å²) in [5, 5.41) is 3.97. The second-order valence-electron chi connectivity index (χ2n) is 6.41. The zero-order chi connectivity index (χ0) is 19.0. The number of carbonyl (C=O) groups excluding carboxylic acids is 2. The SMILES string of the molecule is NCCN1C(=O)C(NC(=O)c2cc3cc(Cl)ncc3[nH]2)Cc2ccccc21. The number of nitrogens with two attached hydrogens (primary N) is 1. The Morgan fingerprint density at radius 1 is 1.37 bits per heavy atom. The number of para-hydroxylation sites is 1. The van der Waals surface area contributed by atoms with Crippen LogP contribution in [0.2, 0.25) is 5.15 Å². The van der Waals surface area contributed by atoms with Gasteiger partial charge in [0.05, 0.1) is 11.7 Å². The van der Waals surface area contributed by atoms with Crippen LogP contribution in [0.15, 0.2) is 42.6 Å². The zero-order valence-electron chi connectivity index (χ0n) is 14.4. The van der Waals surface area contributed by atoms with Crippen molar-refractivity contribution in [3.63, 3.8) is 0 Å². The molecule has 0 spiro atoms. The first-order valence-corrected chi connectivity index (χ1v) is 8.99. The van der Waals surface area contributed by atoms with Gasteiger partial charge in [0, 0.05) is 30.6 Å². The van der Waals surface area contributed by atoms with E-state index in [1.807, 2.05) is 24.3 Å². The first-order valence-electron chi connectivity index (χ1n) is 8.61. The summed E-state index contributed by atoms with van der Waals surface area (Å²) >= 11 is 5.89. The molecule has 2 aromatic heterocycles. The first-order chi connectivity index (χ1) is 13.1. The molecule has 0 bridgehead atoms. The molecule has 0 saturated heterocycles. The van der Waals surface area contributed by atoms with Gasteiger partial charge in [-0.05, 0) is 23.8 Å². The second-order valence-corrected chi connectivity index (χ2v) is 6.80. The highest BCUT2D eigenvalue weighted by Crippen LogP contribution is 2.27. The molecule has 1 aromatic carbocycles. The number of anilines is 1. The third-order valence-corrected chi connectivity index (χ3v) is 4.85. The number of H-pyrrole nitrogens is 1. The molecule has 1 aliphatic rings. The number of hydrogen-bond donors (Lipinski definition) is 3. The van der Waals surface area contributed by atoms with E-state index in [-0.39, 0.29) is 11.8 Å². The van der Waals surface area contributed by atoms with Gasteiger partial charge in [-0.3, -0.25) is 9.59 Å². The van der Waals surface area contributed by atoms with Crippen molar-refractivity contribution in [3.8, 4) is 0 Å². The predicted molar refractivity (Wildman–Crippen MR) is 104 cm³/mol. The Labute approximate surface area is 160 Å². The molecule has 1 aliphatic heterocycles. The summed E-state index contributed by atoms with van der Waals surface area (Å²) < 4.78 is 0. The topological polar surface area (TPSA) is 104 Å². The second kappa shape index (κ2) is 7.02. The van der Waals surface area contributed by atoms with Crippen molar-refractivity contribution in [3.05, 3.63) is 59.0 Å². The van der Waals surface area contributed by atoms with Crippen LogP contribution in [0.5, 0.6) is 0 Å². The van der Waals surface area contributed by atoms with Crippen LogP contribution >= 0.6 is 11.6 Å². The minimum Gasteiger partial charge on any atom is -0.349 e. The summed E-state index contributed by atoms with van der Waals surface area (Å²) in [6, 6.07) is 10.4. The quantitative estimate of drug-likeness (QED) is 0.598. The number of nitrogens with one attached hydrogen (secondary N) is 2. The molecule has 3 aromatic rings. The molecule has 0 aliphatic carbocycles. The fourth-order valence-electron chi connectivity index (χ4n) is 3.40. The Kier molecular flexibility index (Phi) is 4.55. The highest BCUT2D eigenvalue weighted by atomic mass is 35.5. The Bertz CT molecular complexity index is 1030. The largest absolute Gasteiger partial charge is 0.349 e. The van der Waals surface area contributed by atoms with Crippen molar-refractivity contribution in [1.82, 2.24) is 15.3 Å². The number of rotatable bonds is 4. The van der Waals surface area contributed by atoms with Gasteiger partial charge in [0.2, 0.25) is 5.91 Å². The number of aromatic nitrogens is 2.